The zero-order valence-electron chi connectivity index (χ0n) is 16.6. The van der Waals surface area contributed by atoms with E-state index < -0.39 is 0 Å². The molecule has 0 aromatic heterocycles. The predicted molar refractivity (Wildman–Crippen MR) is 107 cm³/mol. The Morgan fingerprint density at radius 1 is 1.04 bits per heavy atom. The van der Waals surface area contributed by atoms with Crippen LogP contribution in [0.3, 0.4) is 0 Å². The summed E-state index contributed by atoms with van der Waals surface area (Å²) in [4.78, 5) is 12.7. The van der Waals surface area contributed by atoms with Crippen LogP contribution in [0.5, 0.6) is 17.2 Å². The first-order valence-electron chi connectivity index (χ1n) is 9.23. The molecule has 1 amide bonds. The van der Waals surface area contributed by atoms with Gasteiger partial charge in [-0.05, 0) is 48.7 Å². The van der Waals surface area contributed by atoms with E-state index in [9.17, 15) is 4.79 Å². The molecule has 0 aliphatic carbocycles. The predicted octanol–water partition coefficient (Wildman–Crippen LogP) is 2.50. The Balaban J connectivity index is 1.62. The number of rotatable bonds is 7. The van der Waals surface area contributed by atoms with E-state index in [0.29, 0.717) is 17.9 Å². The largest absolute Gasteiger partial charge is 0.497 e. The van der Waals surface area contributed by atoms with E-state index >= 15 is 0 Å². The van der Waals surface area contributed by atoms with Gasteiger partial charge < -0.3 is 19.5 Å². The Bertz CT molecular complexity index is 827. The molecular weight excluding hydrogens is 358 g/mol. The molecule has 7 heteroatoms. The molecule has 1 heterocycles. The van der Waals surface area contributed by atoms with Crippen LogP contribution in [0.25, 0.3) is 0 Å². The van der Waals surface area contributed by atoms with E-state index in [1.54, 1.807) is 21.3 Å². The van der Waals surface area contributed by atoms with Crippen molar-refractivity contribution < 1.29 is 19.0 Å². The van der Waals surface area contributed by atoms with Crippen LogP contribution in [0.15, 0.2) is 42.5 Å². The highest BCUT2D eigenvalue weighted by Crippen LogP contribution is 2.30. The highest BCUT2D eigenvalue weighted by Gasteiger charge is 2.31. The summed E-state index contributed by atoms with van der Waals surface area (Å²) in [6.45, 7) is 1.95. The van der Waals surface area contributed by atoms with Crippen molar-refractivity contribution in [2.75, 3.05) is 21.3 Å². The van der Waals surface area contributed by atoms with Crippen molar-refractivity contribution in [2.24, 2.45) is 0 Å². The molecule has 0 saturated carbocycles. The average molecular weight is 385 g/mol. The maximum Gasteiger partial charge on any atom is 0.239 e. The van der Waals surface area contributed by atoms with E-state index in [0.717, 1.165) is 16.9 Å². The standard InChI is InChI=1S/C21H27N3O4/c1-13(14-8-9-19(27-3)20(11-14)28-4)22-21(25)18-12-17(23-24-18)15-6-5-7-16(10-15)26-2/h5-11,13,17-18,23-24H,12H2,1-4H3,(H,22,25). The van der Waals surface area contributed by atoms with Crippen LogP contribution in [0.2, 0.25) is 0 Å². The minimum Gasteiger partial charge on any atom is -0.497 e. The van der Waals surface area contributed by atoms with Gasteiger partial charge in [0.05, 0.1) is 27.4 Å². The lowest BCUT2D eigenvalue weighted by molar-refractivity contribution is -0.123. The number of carbonyl (C=O) groups excluding carboxylic acids is 1. The van der Waals surface area contributed by atoms with Gasteiger partial charge in [0.15, 0.2) is 11.5 Å². The Kier molecular flexibility index (Phi) is 6.38. The number of ether oxygens (including phenoxy) is 3. The molecule has 150 valence electrons. The zero-order valence-corrected chi connectivity index (χ0v) is 16.6. The number of benzene rings is 2. The molecule has 2 aromatic carbocycles. The van der Waals surface area contributed by atoms with E-state index in [4.69, 9.17) is 14.2 Å². The van der Waals surface area contributed by atoms with Crippen LogP contribution < -0.4 is 30.4 Å². The number of hydrogen-bond donors (Lipinski definition) is 3. The molecule has 1 saturated heterocycles. The second kappa shape index (κ2) is 8.95. The van der Waals surface area contributed by atoms with Gasteiger partial charge in [-0.2, -0.15) is 0 Å². The maximum absolute atomic E-state index is 12.7. The van der Waals surface area contributed by atoms with Gasteiger partial charge in [0.25, 0.3) is 0 Å². The molecule has 1 aliphatic heterocycles. The first kappa shape index (κ1) is 20.0. The molecule has 3 rings (SSSR count). The highest BCUT2D eigenvalue weighted by atomic mass is 16.5. The summed E-state index contributed by atoms with van der Waals surface area (Å²) in [5, 5.41) is 3.06. The van der Waals surface area contributed by atoms with Crippen molar-refractivity contribution in [3.05, 3.63) is 53.6 Å². The third-order valence-corrected chi connectivity index (χ3v) is 4.98. The SMILES string of the molecule is COc1cccc(C2CC(C(=O)NC(C)c3ccc(OC)c(OC)c3)NN2)c1. The molecule has 1 fully saturated rings. The Morgan fingerprint density at radius 2 is 1.82 bits per heavy atom. The van der Waals surface area contributed by atoms with Crippen molar-refractivity contribution in [2.45, 2.75) is 31.5 Å². The number of carbonyl (C=O) groups is 1. The zero-order chi connectivity index (χ0) is 20.1. The highest BCUT2D eigenvalue weighted by molar-refractivity contribution is 5.82. The lowest BCUT2D eigenvalue weighted by Gasteiger charge is -2.18. The van der Waals surface area contributed by atoms with Crippen LogP contribution in [0.4, 0.5) is 0 Å². The monoisotopic (exact) mass is 385 g/mol. The van der Waals surface area contributed by atoms with E-state index in [2.05, 4.69) is 16.2 Å². The first-order chi connectivity index (χ1) is 13.5. The summed E-state index contributed by atoms with van der Waals surface area (Å²) in [6, 6.07) is 13.1. The fraction of sp³-hybridized carbons (Fsp3) is 0.381. The Morgan fingerprint density at radius 3 is 2.54 bits per heavy atom. The van der Waals surface area contributed by atoms with E-state index in [-0.39, 0.29) is 24.0 Å². The van der Waals surface area contributed by atoms with Gasteiger partial charge in [-0.3, -0.25) is 4.79 Å². The van der Waals surface area contributed by atoms with Crippen molar-refractivity contribution >= 4 is 5.91 Å². The van der Waals surface area contributed by atoms with Crippen LogP contribution in [-0.2, 0) is 4.79 Å². The van der Waals surface area contributed by atoms with Crippen molar-refractivity contribution in [1.29, 1.82) is 0 Å². The molecule has 3 unspecified atom stereocenters. The summed E-state index contributed by atoms with van der Waals surface area (Å²) >= 11 is 0. The third-order valence-electron chi connectivity index (χ3n) is 4.98. The Hall–Kier alpha value is -2.77. The summed E-state index contributed by atoms with van der Waals surface area (Å²) in [5.41, 5.74) is 8.32. The van der Waals surface area contributed by atoms with Gasteiger partial charge >= 0.3 is 0 Å². The molecule has 0 bridgehead atoms. The van der Waals surface area contributed by atoms with Crippen molar-refractivity contribution in [1.82, 2.24) is 16.2 Å². The second-order valence-electron chi connectivity index (χ2n) is 6.75. The molecule has 0 spiro atoms. The normalized spacial score (nSPS) is 19.7. The number of amides is 1. The Labute approximate surface area is 165 Å². The smallest absolute Gasteiger partial charge is 0.239 e. The first-order valence-corrected chi connectivity index (χ1v) is 9.23. The molecule has 0 radical (unpaired) electrons. The minimum atomic E-state index is -0.321. The van der Waals surface area contributed by atoms with E-state index in [1.807, 2.05) is 49.4 Å². The number of hydrogen-bond acceptors (Lipinski definition) is 6. The van der Waals surface area contributed by atoms with Crippen LogP contribution >= 0.6 is 0 Å². The number of nitrogens with one attached hydrogen (secondary N) is 3. The summed E-state index contributed by atoms with van der Waals surface area (Å²) in [5.74, 6) is 2.04. The van der Waals surface area contributed by atoms with Gasteiger partial charge in [0, 0.05) is 6.04 Å². The molecule has 28 heavy (non-hydrogen) atoms. The van der Waals surface area contributed by atoms with Crippen molar-refractivity contribution in [3.8, 4) is 17.2 Å². The molecule has 3 N–H and O–H groups in total. The van der Waals surface area contributed by atoms with Crippen LogP contribution in [-0.4, -0.2) is 33.3 Å². The van der Waals surface area contributed by atoms with Crippen LogP contribution in [0, 0.1) is 0 Å². The van der Waals surface area contributed by atoms with Crippen LogP contribution in [0.1, 0.15) is 36.6 Å². The molecule has 1 aliphatic rings. The topological polar surface area (TPSA) is 80.9 Å². The number of hydrazine groups is 1. The van der Waals surface area contributed by atoms with Gasteiger partial charge in [-0.15, -0.1) is 0 Å². The van der Waals surface area contributed by atoms with Gasteiger partial charge in [0.2, 0.25) is 5.91 Å². The van der Waals surface area contributed by atoms with Gasteiger partial charge in [-0.1, -0.05) is 18.2 Å². The summed E-state index contributed by atoms with van der Waals surface area (Å²) < 4.78 is 15.9. The lowest BCUT2D eigenvalue weighted by Crippen LogP contribution is -2.43. The second-order valence-corrected chi connectivity index (χ2v) is 6.75. The van der Waals surface area contributed by atoms with Crippen molar-refractivity contribution in [3.63, 3.8) is 0 Å². The third kappa shape index (κ3) is 4.37. The average Bonchev–Trinajstić information content (AvgIpc) is 3.23. The van der Waals surface area contributed by atoms with E-state index in [1.165, 1.54) is 0 Å². The molecular formula is C21H27N3O4. The molecule has 3 atom stereocenters. The van der Waals surface area contributed by atoms with Gasteiger partial charge in [0.1, 0.15) is 11.8 Å². The fourth-order valence-electron chi connectivity index (χ4n) is 3.32. The van der Waals surface area contributed by atoms with Gasteiger partial charge in [-0.25, -0.2) is 10.9 Å². The fourth-order valence-corrected chi connectivity index (χ4v) is 3.32. The molecule has 2 aromatic rings. The summed E-state index contributed by atoms with van der Waals surface area (Å²) in [7, 11) is 4.84. The molecule has 7 nitrogen and oxygen atoms in total. The lowest BCUT2D eigenvalue weighted by atomic mass is 10.0. The quantitative estimate of drug-likeness (QED) is 0.680. The summed E-state index contributed by atoms with van der Waals surface area (Å²) in [6.07, 6.45) is 0.650. The minimum absolute atomic E-state index is 0.0437. The number of methoxy groups -OCH3 is 3. The maximum atomic E-state index is 12.7.